The van der Waals surface area contributed by atoms with Gasteiger partial charge in [0.05, 0.1) is 12.7 Å². The number of carbonyl (C=O) groups is 1. The number of ether oxygens (including phenoxy) is 1. The van der Waals surface area contributed by atoms with Gasteiger partial charge in [-0.1, -0.05) is 18.2 Å². The molecule has 98 valence electrons. The normalized spacial score (nSPS) is 10.3. The first-order chi connectivity index (χ1) is 9.10. The molecule has 2 aromatic carbocycles. The van der Waals surface area contributed by atoms with Crippen LogP contribution in [0.15, 0.2) is 42.5 Å². The maximum Gasteiger partial charge on any atom is 0.337 e. The van der Waals surface area contributed by atoms with Crippen molar-refractivity contribution in [2.75, 3.05) is 7.11 Å². The summed E-state index contributed by atoms with van der Waals surface area (Å²) in [5.41, 5.74) is 1.68. The van der Waals surface area contributed by atoms with Crippen LogP contribution < -0.4 is 0 Å². The highest BCUT2D eigenvalue weighted by Crippen LogP contribution is 2.15. The molecule has 2 rings (SSSR count). The molecule has 19 heavy (non-hydrogen) atoms. The fourth-order valence-electron chi connectivity index (χ4n) is 1.76. The number of benzene rings is 2. The zero-order valence-electron chi connectivity index (χ0n) is 10.3. The summed E-state index contributed by atoms with van der Waals surface area (Å²) in [4.78, 5) is 11.3. The summed E-state index contributed by atoms with van der Waals surface area (Å²) in [6.07, 6.45) is 0.341. The minimum absolute atomic E-state index is 0.341. The smallest absolute Gasteiger partial charge is 0.337 e. The maximum atomic E-state index is 13.5. The molecule has 0 spiro atoms. The monoisotopic (exact) mass is 262 g/mol. The van der Waals surface area contributed by atoms with E-state index in [0.29, 0.717) is 17.5 Å². The number of hydrogen-bond donors (Lipinski definition) is 0. The van der Waals surface area contributed by atoms with Crippen molar-refractivity contribution >= 4 is 5.97 Å². The Morgan fingerprint density at radius 2 is 1.79 bits per heavy atom. The van der Waals surface area contributed by atoms with E-state index in [0.717, 1.165) is 11.6 Å². The van der Waals surface area contributed by atoms with E-state index < -0.39 is 17.6 Å². The molecule has 0 unspecified atom stereocenters. The second-order valence-electron chi connectivity index (χ2n) is 4.10. The predicted molar refractivity (Wildman–Crippen MR) is 66.9 cm³/mol. The van der Waals surface area contributed by atoms with Gasteiger partial charge in [-0.05, 0) is 29.3 Å². The van der Waals surface area contributed by atoms with Gasteiger partial charge in [0.25, 0.3) is 0 Å². The summed E-state index contributed by atoms with van der Waals surface area (Å²) >= 11 is 0. The lowest BCUT2D eigenvalue weighted by Gasteiger charge is -2.05. The summed E-state index contributed by atoms with van der Waals surface area (Å²) in [7, 11) is 1.31. The first kappa shape index (κ1) is 13.2. The van der Waals surface area contributed by atoms with Crippen molar-refractivity contribution in [1.29, 1.82) is 0 Å². The molecule has 0 heterocycles. The van der Waals surface area contributed by atoms with Crippen LogP contribution in [0.25, 0.3) is 0 Å². The number of halogens is 2. The van der Waals surface area contributed by atoms with Crippen molar-refractivity contribution < 1.29 is 18.3 Å². The van der Waals surface area contributed by atoms with Gasteiger partial charge in [-0.3, -0.25) is 0 Å². The number of methoxy groups -OCH3 is 1. The summed E-state index contributed by atoms with van der Waals surface area (Å²) in [6, 6.07) is 10.2. The molecule has 0 aliphatic rings. The van der Waals surface area contributed by atoms with Crippen molar-refractivity contribution in [2.24, 2.45) is 0 Å². The number of rotatable bonds is 3. The largest absolute Gasteiger partial charge is 0.465 e. The van der Waals surface area contributed by atoms with Gasteiger partial charge < -0.3 is 4.74 Å². The highest BCUT2D eigenvalue weighted by Gasteiger charge is 2.07. The molecule has 0 fully saturated rings. The zero-order valence-corrected chi connectivity index (χ0v) is 10.3. The molecule has 0 radical (unpaired) electrons. The molecule has 0 saturated carbocycles. The van der Waals surface area contributed by atoms with Gasteiger partial charge in [0.1, 0.15) is 11.6 Å². The molecular weight excluding hydrogens is 250 g/mol. The molecule has 0 atom stereocenters. The first-order valence-corrected chi connectivity index (χ1v) is 5.71. The Balaban J connectivity index is 2.17. The fourth-order valence-corrected chi connectivity index (χ4v) is 1.76. The van der Waals surface area contributed by atoms with Crippen LogP contribution in [0.4, 0.5) is 8.78 Å². The maximum absolute atomic E-state index is 13.5. The van der Waals surface area contributed by atoms with E-state index in [2.05, 4.69) is 4.74 Å². The minimum atomic E-state index is -0.595. The second kappa shape index (κ2) is 5.61. The molecule has 0 aliphatic carbocycles. The van der Waals surface area contributed by atoms with Gasteiger partial charge in [-0.2, -0.15) is 0 Å². The van der Waals surface area contributed by atoms with Crippen molar-refractivity contribution in [3.05, 3.63) is 70.8 Å². The Labute approximate surface area is 109 Å². The molecule has 0 aromatic heterocycles. The third-order valence-electron chi connectivity index (χ3n) is 2.78. The molecule has 0 amide bonds. The van der Waals surface area contributed by atoms with E-state index in [1.165, 1.54) is 19.2 Å². The SMILES string of the molecule is COC(=O)c1ccc(Cc2ccc(F)cc2F)cc1. The van der Waals surface area contributed by atoms with Crippen LogP contribution in [-0.2, 0) is 11.2 Å². The quantitative estimate of drug-likeness (QED) is 0.793. The highest BCUT2D eigenvalue weighted by atomic mass is 19.1. The van der Waals surface area contributed by atoms with Gasteiger partial charge >= 0.3 is 5.97 Å². The molecule has 0 bridgehead atoms. The van der Waals surface area contributed by atoms with Crippen LogP contribution in [0, 0.1) is 11.6 Å². The van der Waals surface area contributed by atoms with Crippen LogP contribution >= 0.6 is 0 Å². The van der Waals surface area contributed by atoms with Gasteiger partial charge in [-0.15, -0.1) is 0 Å². The van der Waals surface area contributed by atoms with Gasteiger partial charge in [0, 0.05) is 12.5 Å². The van der Waals surface area contributed by atoms with E-state index in [1.807, 2.05) is 0 Å². The standard InChI is InChI=1S/C15H12F2O2/c1-19-15(18)11-4-2-10(3-5-11)8-12-6-7-13(16)9-14(12)17/h2-7,9H,8H2,1H3. The molecule has 0 saturated heterocycles. The van der Waals surface area contributed by atoms with Crippen LogP contribution in [-0.4, -0.2) is 13.1 Å². The van der Waals surface area contributed by atoms with Crippen molar-refractivity contribution in [1.82, 2.24) is 0 Å². The van der Waals surface area contributed by atoms with Crippen LogP contribution in [0.3, 0.4) is 0 Å². The molecule has 2 aromatic rings. The van der Waals surface area contributed by atoms with Crippen molar-refractivity contribution in [3.63, 3.8) is 0 Å². The molecule has 4 heteroatoms. The molecule has 2 nitrogen and oxygen atoms in total. The number of hydrogen-bond acceptors (Lipinski definition) is 2. The summed E-state index contributed by atoms with van der Waals surface area (Å²) in [5, 5.41) is 0. The Kier molecular flexibility index (Phi) is 3.90. The van der Waals surface area contributed by atoms with E-state index >= 15 is 0 Å². The van der Waals surface area contributed by atoms with Crippen molar-refractivity contribution in [3.8, 4) is 0 Å². The summed E-state index contributed by atoms with van der Waals surface area (Å²) in [5.74, 6) is -1.58. The average Bonchev–Trinajstić information content (AvgIpc) is 2.42. The summed E-state index contributed by atoms with van der Waals surface area (Å²) < 4.78 is 30.8. The van der Waals surface area contributed by atoms with Gasteiger partial charge in [0.15, 0.2) is 0 Å². The Hall–Kier alpha value is -2.23. The van der Waals surface area contributed by atoms with Crippen molar-refractivity contribution in [2.45, 2.75) is 6.42 Å². The van der Waals surface area contributed by atoms with Crippen LogP contribution in [0.1, 0.15) is 21.5 Å². The topological polar surface area (TPSA) is 26.3 Å². The van der Waals surface area contributed by atoms with E-state index in [1.54, 1.807) is 24.3 Å². The lowest BCUT2D eigenvalue weighted by molar-refractivity contribution is 0.0600. The average molecular weight is 262 g/mol. The Morgan fingerprint density at radius 3 is 2.37 bits per heavy atom. The lowest BCUT2D eigenvalue weighted by Crippen LogP contribution is -2.01. The van der Waals surface area contributed by atoms with E-state index in [4.69, 9.17) is 0 Å². The molecule has 0 aliphatic heterocycles. The van der Waals surface area contributed by atoms with E-state index in [9.17, 15) is 13.6 Å². The number of esters is 1. The van der Waals surface area contributed by atoms with Crippen LogP contribution in [0.2, 0.25) is 0 Å². The van der Waals surface area contributed by atoms with Crippen LogP contribution in [0.5, 0.6) is 0 Å². The number of carbonyl (C=O) groups excluding carboxylic acids is 1. The lowest BCUT2D eigenvalue weighted by atomic mass is 10.0. The third kappa shape index (κ3) is 3.16. The fraction of sp³-hybridized carbons (Fsp3) is 0.133. The van der Waals surface area contributed by atoms with Gasteiger partial charge in [0.2, 0.25) is 0 Å². The van der Waals surface area contributed by atoms with Gasteiger partial charge in [-0.25, -0.2) is 13.6 Å². The summed E-state index contributed by atoms with van der Waals surface area (Å²) in [6.45, 7) is 0. The minimum Gasteiger partial charge on any atom is -0.465 e. The Bertz CT molecular complexity index is 592. The van der Waals surface area contributed by atoms with E-state index in [-0.39, 0.29) is 0 Å². The predicted octanol–water partition coefficient (Wildman–Crippen LogP) is 3.34. The third-order valence-corrected chi connectivity index (χ3v) is 2.78. The molecular formula is C15H12F2O2. The second-order valence-corrected chi connectivity index (χ2v) is 4.10. The Morgan fingerprint density at radius 1 is 1.11 bits per heavy atom. The highest BCUT2D eigenvalue weighted by molar-refractivity contribution is 5.89. The first-order valence-electron chi connectivity index (χ1n) is 5.71. The molecule has 0 N–H and O–H groups in total. The zero-order chi connectivity index (χ0) is 13.8.